The van der Waals surface area contributed by atoms with Crippen molar-refractivity contribution in [3.05, 3.63) is 12.3 Å². The Kier molecular flexibility index (Phi) is 6.01. The molecule has 88 valence electrons. The number of carbonyl (C=O) groups is 1. The van der Waals surface area contributed by atoms with Gasteiger partial charge in [-0.3, -0.25) is 0 Å². The third-order valence-corrected chi connectivity index (χ3v) is 1.64. The van der Waals surface area contributed by atoms with Crippen molar-refractivity contribution in [1.29, 1.82) is 0 Å². The van der Waals surface area contributed by atoms with E-state index in [1.165, 1.54) is 0 Å². The van der Waals surface area contributed by atoms with Crippen LogP contribution in [0.4, 0.5) is 4.79 Å². The van der Waals surface area contributed by atoms with Gasteiger partial charge >= 0.3 is 6.03 Å². The molecule has 4 nitrogen and oxygen atoms in total. The van der Waals surface area contributed by atoms with E-state index in [-0.39, 0.29) is 11.4 Å². The molecule has 2 amide bonds. The van der Waals surface area contributed by atoms with Crippen LogP contribution in [0.3, 0.4) is 0 Å². The first-order valence-electron chi connectivity index (χ1n) is 5.18. The number of amides is 2. The maximum atomic E-state index is 11.2. The molecule has 2 N–H and O–H groups in total. The van der Waals surface area contributed by atoms with Crippen LogP contribution in [0, 0.1) is 5.41 Å². The Morgan fingerprint density at radius 1 is 1.33 bits per heavy atom. The molecular formula is C11H23N3O. The average Bonchev–Trinajstić information content (AvgIpc) is 2.00. The Hall–Kier alpha value is -1.03. The summed E-state index contributed by atoms with van der Waals surface area (Å²) in [6.07, 6.45) is 3.64. The highest BCUT2D eigenvalue weighted by atomic mass is 16.2. The number of hydrogen-bond acceptors (Lipinski definition) is 2. The molecule has 0 spiro atoms. The predicted molar refractivity (Wildman–Crippen MR) is 63.7 cm³/mol. The van der Waals surface area contributed by atoms with Crippen LogP contribution in [-0.4, -0.2) is 38.1 Å². The summed E-state index contributed by atoms with van der Waals surface area (Å²) in [6, 6.07) is -0.155. The maximum Gasteiger partial charge on any atom is 0.318 e. The second-order valence-corrected chi connectivity index (χ2v) is 4.90. The van der Waals surface area contributed by atoms with Crippen LogP contribution in [0.5, 0.6) is 0 Å². The van der Waals surface area contributed by atoms with Gasteiger partial charge < -0.3 is 15.5 Å². The van der Waals surface area contributed by atoms with E-state index in [0.29, 0.717) is 6.54 Å². The molecule has 0 aliphatic heterocycles. The highest BCUT2D eigenvalue weighted by molar-refractivity contribution is 5.74. The Labute approximate surface area is 92.7 Å². The maximum absolute atomic E-state index is 11.2. The zero-order valence-electron chi connectivity index (χ0n) is 10.4. The van der Waals surface area contributed by atoms with Crippen molar-refractivity contribution in [3.8, 4) is 0 Å². The van der Waals surface area contributed by atoms with E-state index in [2.05, 4.69) is 31.4 Å². The molecular weight excluding hydrogens is 190 g/mol. The fourth-order valence-electron chi connectivity index (χ4n) is 0.811. The van der Waals surface area contributed by atoms with E-state index < -0.39 is 0 Å². The van der Waals surface area contributed by atoms with Crippen molar-refractivity contribution >= 4 is 6.03 Å². The SMILES string of the molecule is CN(C)CCNC(=O)N/C=C/C(C)(C)C. The van der Waals surface area contributed by atoms with Crippen LogP contribution in [0.2, 0.25) is 0 Å². The zero-order valence-corrected chi connectivity index (χ0v) is 10.4. The van der Waals surface area contributed by atoms with Crippen molar-refractivity contribution in [3.63, 3.8) is 0 Å². The summed E-state index contributed by atoms with van der Waals surface area (Å²) in [5.41, 5.74) is 0.0942. The Morgan fingerprint density at radius 3 is 2.40 bits per heavy atom. The van der Waals surface area contributed by atoms with Crippen molar-refractivity contribution in [2.24, 2.45) is 5.41 Å². The van der Waals surface area contributed by atoms with E-state index in [1.807, 2.05) is 25.1 Å². The summed E-state index contributed by atoms with van der Waals surface area (Å²) in [6.45, 7) is 7.73. The molecule has 15 heavy (non-hydrogen) atoms. The summed E-state index contributed by atoms with van der Waals surface area (Å²) in [4.78, 5) is 13.2. The minimum Gasteiger partial charge on any atom is -0.337 e. The first-order valence-corrected chi connectivity index (χ1v) is 5.18. The molecule has 0 heterocycles. The van der Waals surface area contributed by atoms with Crippen LogP contribution in [0.1, 0.15) is 20.8 Å². The topological polar surface area (TPSA) is 44.4 Å². The third-order valence-electron chi connectivity index (χ3n) is 1.64. The van der Waals surface area contributed by atoms with Gasteiger partial charge in [0.25, 0.3) is 0 Å². The first-order chi connectivity index (χ1) is 6.81. The summed E-state index contributed by atoms with van der Waals surface area (Å²) in [5.74, 6) is 0. The van der Waals surface area contributed by atoms with E-state index >= 15 is 0 Å². The molecule has 0 fully saturated rings. The van der Waals surface area contributed by atoms with Gasteiger partial charge in [-0.05, 0) is 19.5 Å². The molecule has 0 aromatic carbocycles. The van der Waals surface area contributed by atoms with Gasteiger partial charge in [0.15, 0.2) is 0 Å². The summed E-state index contributed by atoms with van der Waals surface area (Å²) >= 11 is 0. The summed E-state index contributed by atoms with van der Waals surface area (Å²) < 4.78 is 0. The number of nitrogens with one attached hydrogen (secondary N) is 2. The van der Waals surface area contributed by atoms with Crippen molar-refractivity contribution in [2.45, 2.75) is 20.8 Å². The molecule has 0 aliphatic rings. The zero-order chi connectivity index (χ0) is 11.9. The van der Waals surface area contributed by atoms with Crippen molar-refractivity contribution in [2.75, 3.05) is 27.2 Å². The van der Waals surface area contributed by atoms with Gasteiger partial charge in [0.1, 0.15) is 0 Å². The molecule has 0 aliphatic carbocycles. The first kappa shape index (κ1) is 14.0. The van der Waals surface area contributed by atoms with Gasteiger partial charge in [-0.25, -0.2) is 4.79 Å². The average molecular weight is 213 g/mol. The number of rotatable bonds is 4. The highest BCUT2D eigenvalue weighted by Crippen LogP contribution is 2.13. The van der Waals surface area contributed by atoms with Crippen LogP contribution in [-0.2, 0) is 0 Å². The second kappa shape index (κ2) is 6.45. The van der Waals surface area contributed by atoms with E-state index in [4.69, 9.17) is 0 Å². The third kappa shape index (κ3) is 10.9. The lowest BCUT2D eigenvalue weighted by molar-refractivity contribution is 0.242. The van der Waals surface area contributed by atoms with Crippen LogP contribution < -0.4 is 10.6 Å². The molecule has 0 radical (unpaired) electrons. The van der Waals surface area contributed by atoms with E-state index in [0.717, 1.165) is 6.54 Å². The Balaban J connectivity index is 3.63. The van der Waals surface area contributed by atoms with Crippen LogP contribution in [0.25, 0.3) is 0 Å². The predicted octanol–water partition coefficient (Wildman–Crippen LogP) is 1.41. The second-order valence-electron chi connectivity index (χ2n) is 4.90. The van der Waals surface area contributed by atoms with Crippen molar-refractivity contribution in [1.82, 2.24) is 15.5 Å². The van der Waals surface area contributed by atoms with Gasteiger partial charge in [0, 0.05) is 19.3 Å². The lowest BCUT2D eigenvalue weighted by atomic mass is 9.97. The lowest BCUT2D eigenvalue weighted by Crippen LogP contribution is -2.36. The number of nitrogens with zero attached hydrogens (tertiary/aromatic N) is 1. The Bertz CT molecular complexity index is 216. The molecule has 0 saturated carbocycles. The van der Waals surface area contributed by atoms with Crippen molar-refractivity contribution < 1.29 is 4.79 Å². The Morgan fingerprint density at radius 2 is 1.93 bits per heavy atom. The van der Waals surface area contributed by atoms with Gasteiger partial charge in [0.05, 0.1) is 0 Å². The fourth-order valence-corrected chi connectivity index (χ4v) is 0.811. The summed E-state index contributed by atoms with van der Waals surface area (Å²) in [7, 11) is 3.94. The fraction of sp³-hybridized carbons (Fsp3) is 0.727. The van der Waals surface area contributed by atoms with Gasteiger partial charge in [-0.15, -0.1) is 0 Å². The molecule has 0 bridgehead atoms. The number of carbonyl (C=O) groups excluding carboxylic acids is 1. The minimum absolute atomic E-state index is 0.0942. The highest BCUT2D eigenvalue weighted by Gasteiger charge is 2.03. The molecule has 0 atom stereocenters. The smallest absolute Gasteiger partial charge is 0.318 e. The molecule has 0 aromatic heterocycles. The number of likely N-dealkylation sites (N-methyl/N-ethyl adjacent to an activating group) is 1. The van der Waals surface area contributed by atoms with E-state index in [9.17, 15) is 4.79 Å². The van der Waals surface area contributed by atoms with E-state index in [1.54, 1.807) is 6.20 Å². The van der Waals surface area contributed by atoms with Gasteiger partial charge in [-0.2, -0.15) is 0 Å². The largest absolute Gasteiger partial charge is 0.337 e. The number of urea groups is 1. The monoisotopic (exact) mass is 213 g/mol. The lowest BCUT2D eigenvalue weighted by Gasteiger charge is -2.12. The van der Waals surface area contributed by atoms with Crippen LogP contribution >= 0.6 is 0 Å². The summed E-state index contributed by atoms with van der Waals surface area (Å²) in [5, 5.41) is 5.42. The molecule has 0 saturated heterocycles. The molecule has 0 unspecified atom stereocenters. The van der Waals surface area contributed by atoms with Gasteiger partial charge in [0.2, 0.25) is 0 Å². The number of allylic oxidation sites excluding steroid dienone is 1. The van der Waals surface area contributed by atoms with Gasteiger partial charge in [-0.1, -0.05) is 26.8 Å². The molecule has 4 heteroatoms. The molecule has 0 aromatic rings. The quantitative estimate of drug-likeness (QED) is 0.741. The normalized spacial score (nSPS) is 12.1. The standard InChI is InChI=1S/C11H23N3O/c1-11(2,3)6-7-12-10(15)13-8-9-14(4)5/h6-7H,8-9H2,1-5H3,(H2,12,13,15)/b7-6+. The minimum atomic E-state index is -0.155. The van der Waals surface area contributed by atoms with Crippen LogP contribution in [0.15, 0.2) is 12.3 Å². The number of hydrogen-bond donors (Lipinski definition) is 2. The molecule has 0 rings (SSSR count).